The summed E-state index contributed by atoms with van der Waals surface area (Å²) in [4.78, 5) is 2.30. The van der Waals surface area contributed by atoms with Crippen molar-refractivity contribution in [1.82, 2.24) is 0 Å². The van der Waals surface area contributed by atoms with Gasteiger partial charge in [-0.3, -0.25) is 9.11 Å². The molecule has 0 saturated heterocycles. The van der Waals surface area contributed by atoms with E-state index in [0.29, 0.717) is 0 Å². The minimum atomic E-state index is -4.67. The van der Waals surface area contributed by atoms with Gasteiger partial charge >= 0.3 is 10.4 Å². The van der Waals surface area contributed by atoms with Gasteiger partial charge in [-0.15, -0.1) is 0 Å². The second-order valence-corrected chi connectivity index (χ2v) is 5.58. The smallest absolute Gasteiger partial charge is 0.394 e. The monoisotopic (exact) mass is 338 g/mol. The van der Waals surface area contributed by atoms with E-state index >= 15 is 0 Å². The second kappa shape index (κ2) is 6.86. The molecule has 0 bridgehead atoms. The van der Waals surface area contributed by atoms with Crippen molar-refractivity contribution >= 4 is 33.1 Å². The average Bonchev–Trinajstić information content (AvgIpc) is 2.50. The zero-order chi connectivity index (χ0) is 17.0. The molecule has 0 fully saturated rings. The van der Waals surface area contributed by atoms with Gasteiger partial charge in [-0.2, -0.15) is 8.42 Å². The van der Waals surface area contributed by atoms with Crippen LogP contribution in [0.5, 0.6) is 5.75 Å². The molecule has 1 aliphatic rings. The Labute approximate surface area is 135 Å². The van der Waals surface area contributed by atoms with Crippen LogP contribution in [0.25, 0.3) is 0 Å². The average molecular weight is 338 g/mol. The summed E-state index contributed by atoms with van der Waals surface area (Å²) in [6, 6.07) is 14.4. The molecule has 0 saturated carbocycles. The Bertz CT molecular complexity index is 784. The summed E-state index contributed by atoms with van der Waals surface area (Å²) in [5.41, 5.74) is 4.54. The van der Waals surface area contributed by atoms with Crippen molar-refractivity contribution in [2.75, 3.05) is 23.9 Å². The Morgan fingerprint density at radius 2 is 1.70 bits per heavy atom. The van der Waals surface area contributed by atoms with Gasteiger partial charge in [0.25, 0.3) is 0 Å². The standard InChI is InChI=1S/C15H16N2O.H2O4S/c1-3-17-12-8-5-4-7-11(12)16-15-13(17)9-6-10-14(15)18-2;1-5(2,3)4/h4-10,16H,3H2,1-2H3;(H2,1,2,3,4). The zero-order valence-corrected chi connectivity index (χ0v) is 13.5. The molecular formula is C15H18N2O5S. The highest BCUT2D eigenvalue weighted by atomic mass is 32.3. The van der Waals surface area contributed by atoms with Gasteiger partial charge in [0.05, 0.1) is 24.2 Å². The fraction of sp³-hybridized carbons (Fsp3) is 0.200. The lowest BCUT2D eigenvalue weighted by Gasteiger charge is -2.33. The van der Waals surface area contributed by atoms with E-state index in [1.807, 2.05) is 18.2 Å². The molecule has 3 rings (SSSR count). The molecule has 0 aromatic heterocycles. The van der Waals surface area contributed by atoms with E-state index in [4.69, 9.17) is 22.3 Å². The molecule has 0 spiro atoms. The first-order valence-electron chi connectivity index (χ1n) is 6.85. The maximum atomic E-state index is 8.74. The minimum Gasteiger partial charge on any atom is -0.494 e. The van der Waals surface area contributed by atoms with Gasteiger partial charge in [0.15, 0.2) is 0 Å². The number of para-hydroxylation sites is 3. The summed E-state index contributed by atoms with van der Waals surface area (Å²) in [6.45, 7) is 3.09. The summed E-state index contributed by atoms with van der Waals surface area (Å²) in [5, 5.41) is 3.46. The zero-order valence-electron chi connectivity index (χ0n) is 12.7. The van der Waals surface area contributed by atoms with E-state index in [-0.39, 0.29) is 0 Å². The predicted molar refractivity (Wildman–Crippen MR) is 89.6 cm³/mol. The Morgan fingerprint density at radius 1 is 1.09 bits per heavy atom. The van der Waals surface area contributed by atoms with Crippen molar-refractivity contribution in [3.05, 3.63) is 42.5 Å². The molecule has 7 nitrogen and oxygen atoms in total. The second-order valence-electron chi connectivity index (χ2n) is 4.69. The third-order valence-corrected chi connectivity index (χ3v) is 3.29. The minimum absolute atomic E-state index is 0.875. The number of methoxy groups -OCH3 is 1. The summed E-state index contributed by atoms with van der Waals surface area (Å²) in [5.74, 6) is 0.875. The largest absolute Gasteiger partial charge is 0.494 e. The number of rotatable bonds is 2. The van der Waals surface area contributed by atoms with Crippen LogP contribution in [0.3, 0.4) is 0 Å². The first-order valence-corrected chi connectivity index (χ1v) is 8.25. The van der Waals surface area contributed by atoms with E-state index < -0.39 is 10.4 Å². The molecule has 1 heterocycles. The molecule has 0 radical (unpaired) electrons. The van der Waals surface area contributed by atoms with Crippen molar-refractivity contribution < 1.29 is 22.3 Å². The third-order valence-electron chi connectivity index (χ3n) is 3.29. The molecule has 0 atom stereocenters. The van der Waals surface area contributed by atoms with Gasteiger partial charge in [-0.25, -0.2) is 0 Å². The van der Waals surface area contributed by atoms with E-state index in [1.165, 1.54) is 5.69 Å². The topological polar surface area (TPSA) is 99.1 Å². The van der Waals surface area contributed by atoms with Crippen LogP contribution >= 0.6 is 0 Å². The lowest BCUT2D eigenvalue weighted by molar-refractivity contribution is 0.381. The van der Waals surface area contributed by atoms with Gasteiger partial charge in [-0.1, -0.05) is 18.2 Å². The van der Waals surface area contributed by atoms with Crippen LogP contribution in [0.4, 0.5) is 22.7 Å². The maximum absolute atomic E-state index is 8.74. The summed E-state index contributed by atoms with van der Waals surface area (Å²) in [7, 11) is -2.96. The predicted octanol–water partition coefficient (Wildman–Crippen LogP) is 3.26. The first kappa shape index (κ1) is 17.1. The Balaban J connectivity index is 0.000000338. The molecule has 23 heavy (non-hydrogen) atoms. The maximum Gasteiger partial charge on any atom is 0.394 e. The number of benzene rings is 2. The van der Waals surface area contributed by atoms with Gasteiger partial charge in [0.2, 0.25) is 0 Å². The lowest BCUT2D eigenvalue weighted by Crippen LogP contribution is -2.22. The van der Waals surface area contributed by atoms with Gasteiger partial charge in [0, 0.05) is 6.54 Å². The number of hydrogen-bond donors (Lipinski definition) is 3. The van der Waals surface area contributed by atoms with Gasteiger partial charge in [0.1, 0.15) is 11.4 Å². The van der Waals surface area contributed by atoms with Crippen LogP contribution in [-0.4, -0.2) is 31.2 Å². The molecule has 3 N–H and O–H groups in total. The SMILES string of the molecule is CCN1c2ccccc2Nc2c(OC)cccc21.O=S(=O)(O)O. The molecule has 0 unspecified atom stereocenters. The number of ether oxygens (including phenoxy) is 1. The number of hydrogen-bond acceptors (Lipinski definition) is 5. The van der Waals surface area contributed by atoms with E-state index in [0.717, 1.165) is 29.4 Å². The number of nitrogens with one attached hydrogen (secondary N) is 1. The Kier molecular flexibility index (Phi) is 5.09. The van der Waals surface area contributed by atoms with Crippen molar-refractivity contribution in [2.24, 2.45) is 0 Å². The van der Waals surface area contributed by atoms with Crippen LogP contribution in [0.2, 0.25) is 0 Å². The fourth-order valence-electron chi connectivity index (χ4n) is 2.46. The molecule has 8 heteroatoms. The van der Waals surface area contributed by atoms with Crippen molar-refractivity contribution in [1.29, 1.82) is 0 Å². The van der Waals surface area contributed by atoms with Crippen LogP contribution in [0.1, 0.15) is 6.92 Å². The first-order chi connectivity index (χ1) is 10.8. The van der Waals surface area contributed by atoms with E-state index in [2.05, 4.69) is 41.4 Å². The molecule has 2 aromatic carbocycles. The summed E-state index contributed by atoms with van der Waals surface area (Å²) >= 11 is 0. The van der Waals surface area contributed by atoms with Crippen LogP contribution in [-0.2, 0) is 10.4 Å². The molecule has 124 valence electrons. The Morgan fingerprint density at radius 3 is 2.30 bits per heavy atom. The van der Waals surface area contributed by atoms with Crippen molar-refractivity contribution in [2.45, 2.75) is 6.92 Å². The summed E-state index contributed by atoms with van der Waals surface area (Å²) < 4.78 is 37.0. The van der Waals surface area contributed by atoms with Gasteiger partial charge < -0.3 is 15.0 Å². The van der Waals surface area contributed by atoms with Crippen LogP contribution in [0, 0.1) is 0 Å². The normalized spacial score (nSPS) is 12.3. The van der Waals surface area contributed by atoms with E-state index in [1.54, 1.807) is 7.11 Å². The van der Waals surface area contributed by atoms with Crippen LogP contribution < -0.4 is 15.0 Å². The number of fused-ring (bicyclic) bond motifs is 2. The number of nitrogens with zero attached hydrogens (tertiary/aromatic N) is 1. The molecule has 2 aromatic rings. The van der Waals surface area contributed by atoms with Crippen molar-refractivity contribution in [3.8, 4) is 5.75 Å². The highest BCUT2D eigenvalue weighted by Gasteiger charge is 2.23. The summed E-state index contributed by atoms with van der Waals surface area (Å²) in [6.07, 6.45) is 0. The number of anilines is 4. The highest BCUT2D eigenvalue weighted by molar-refractivity contribution is 7.79. The van der Waals surface area contributed by atoms with Gasteiger partial charge in [-0.05, 0) is 31.2 Å². The molecule has 0 aliphatic carbocycles. The quantitative estimate of drug-likeness (QED) is 0.723. The fourth-order valence-corrected chi connectivity index (χ4v) is 2.46. The molecule has 0 amide bonds. The third kappa shape index (κ3) is 4.13. The Hall–Kier alpha value is -2.29. The lowest BCUT2D eigenvalue weighted by atomic mass is 10.1. The van der Waals surface area contributed by atoms with Crippen LogP contribution in [0.15, 0.2) is 42.5 Å². The van der Waals surface area contributed by atoms with E-state index in [9.17, 15) is 0 Å². The molecular weight excluding hydrogens is 320 g/mol. The molecule has 1 aliphatic heterocycles. The van der Waals surface area contributed by atoms with Crippen molar-refractivity contribution in [3.63, 3.8) is 0 Å². The highest BCUT2D eigenvalue weighted by Crippen LogP contribution is 2.47.